The third-order valence-electron chi connectivity index (χ3n) is 12.9. The van der Waals surface area contributed by atoms with E-state index in [4.69, 9.17) is 15.0 Å². The van der Waals surface area contributed by atoms with Crippen LogP contribution in [0.4, 0.5) is 0 Å². The first kappa shape index (κ1) is 33.1. The van der Waals surface area contributed by atoms with Crippen molar-refractivity contribution in [1.82, 2.24) is 19.5 Å². The summed E-state index contributed by atoms with van der Waals surface area (Å²) >= 11 is 0. The Kier molecular flexibility index (Phi) is 6.90. The largest absolute Gasteiger partial charge is 0.309 e. The number of fused-ring (bicyclic) bond motifs is 15. The van der Waals surface area contributed by atoms with E-state index in [1.54, 1.807) is 0 Å². The van der Waals surface area contributed by atoms with Crippen molar-refractivity contribution in [1.29, 1.82) is 0 Å². The Labute approximate surface area is 346 Å². The van der Waals surface area contributed by atoms with Crippen LogP contribution in [0.5, 0.6) is 0 Å². The zero-order valence-corrected chi connectivity index (χ0v) is 32.4. The third kappa shape index (κ3) is 4.42. The number of nitrogens with zero attached hydrogens (tertiary/aromatic N) is 4. The van der Waals surface area contributed by atoms with Crippen molar-refractivity contribution in [3.63, 3.8) is 0 Å². The summed E-state index contributed by atoms with van der Waals surface area (Å²) in [7, 11) is 0. The van der Waals surface area contributed by atoms with Crippen LogP contribution in [-0.2, 0) is 5.41 Å². The Bertz CT molecular complexity index is 3440. The molecule has 9 aromatic carbocycles. The predicted octanol–water partition coefficient (Wildman–Crippen LogP) is 13.5. The van der Waals surface area contributed by atoms with Crippen molar-refractivity contribution in [2.75, 3.05) is 0 Å². The van der Waals surface area contributed by atoms with E-state index >= 15 is 0 Å². The number of para-hydroxylation sites is 1. The highest BCUT2D eigenvalue weighted by Gasteiger charge is 2.52. The van der Waals surface area contributed by atoms with Gasteiger partial charge in [0.25, 0.3) is 0 Å². The molecule has 60 heavy (non-hydrogen) atoms. The van der Waals surface area contributed by atoms with Crippen LogP contribution in [0, 0.1) is 0 Å². The Hall–Kier alpha value is -7.95. The Morgan fingerprint density at radius 2 is 0.817 bits per heavy atom. The van der Waals surface area contributed by atoms with Crippen molar-refractivity contribution in [3.8, 4) is 62.1 Å². The minimum Gasteiger partial charge on any atom is -0.309 e. The molecule has 4 heteroatoms. The minimum atomic E-state index is -0.410. The number of hydrogen-bond acceptors (Lipinski definition) is 3. The lowest BCUT2D eigenvalue weighted by Gasteiger charge is -2.30. The number of benzene rings is 9. The first-order valence-electron chi connectivity index (χ1n) is 20.5. The van der Waals surface area contributed by atoms with Gasteiger partial charge in [0.05, 0.1) is 22.1 Å². The van der Waals surface area contributed by atoms with Crippen LogP contribution >= 0.6 is 0 Å². The highest BCUT2D eigenvalue weighted by atomic mass is 15.0. The zero-order valence-electron chi connectivity index (χ0n) is 32.4. The molecule has 0 aliphatic heterocycles. The lowest BCUT2D eigenvalue weighted by molar-refractivity contribution is 0.794. The maximum atomic E-state index is 5.14. The second-order valence-corrected chi connectivity index (χ2v) is 15.8. The smallest absolute Gasteiger partial charge is 0.164 e. The van der Waals surface area contributed by atoms with E-state index in [9.17, 15) is 0 Å². The molecule has 0 fully saturated rings. The molecule has 11 aromatic rings. The lowest BCUT2D eigenvalue weighted by atomic mass is 9.70. The van der Waals surface area contributed by atoms with Crippen molar-refractivity contribution in [3.05, 3.63) is 229 Å². The van der Waals surface area contributed by atoms with Gasteiger partial charge in [0.15, 0.2) is 17.5 Å². The molecule has 0 bridgehead atoms. The van der Waals surface area contributed by atoms with Gasteiger partial charge in [-0.2, -0.15) is 0 Å². The molecule has 0 atom stereocenters. The summed E-state index contributed by atoms with van der Waals surface area (Å²) in [5.41, 5.74) is 16.5. The van der Waals surface area contributed by atoms with Crippen molar-refractivity contribution >= 4 is 32.6 Å². The Balaban J connectivity index is 1.08. The van der Waals surface area contributed by atoms with Gasteiger partial charge in [-0.15, -0.1) is 0 Å². The second kappa shape index (κ2) is 12.5. The molecule has 0 saturated carbocycles. The standard InChI is InChI=1S/C56H34N4/c1-3-17-35(18-4-1)53-57-54(36-19-5-2-6-20-36)59-55(58-53)41-31-33-49(40-24-8-7-21-37(40)41)60-48-30-16-12-26-43(48)52-50(60)34-32-47-51(52)42-25-11-15-29-46(42)56(47)44-27-13-9-22-38(44)39-23-10-14-28-45(39)56/h1-34H. The van der Waals surface area contributed by atoms with E-state index in [1.807, 2.05) is 36.4 Å². The van der Waals surface area contributed by atoms with Crippen molar-refractivity contribution < 1.29 is 0 Å². The van der Waals surface area contributed by atoms with Crippen LogP contribution in [0.1, 0.15) is 22.3 Å². The molecule has 0 N–H and O–H groups in total. The molecule has 13 rings (SSSR count). The molecule has 0 radical (unpaired) electrons. The van der Waals surface area contributed by atoms with Gasteiger partial charge in [-0.3, -0.25) is 0 Å². The monoisotopic (exact) mass is 762 g/mol. The van der Waals surface area contributed by atoms with Gasteiger partial charge in [0.1, 0.15) is 0 Å². The van der Waals surface area contributed by atoms with Gasteiger partial charge in [0, 0.05) is 32.8 Å². The molecule has 0 unspecified atom stereocenters. The second-order valence-electron chi connectivity index (χ2n) is 15.8. The van der Waals surface area contributed by atoms with Crippen LogP contribution in [0.2, 0.25) is 0 Å². The van der Waals surface area contributed by atoms with Crippen LogP contribution < -0.4 is 0 Å². The molecule has 278 valence electrons. The summed E-state index contributed by atoms with van der Waals surface area (Å²) < 4.78 is 2.47. The normalized spacial score (nSPS) is 13.1. The minimum absolute atomic E-state index is 0.410. The van der Waals surface area contributed by atoms with Crippen LogP contribution in [-0.4, -0.2) is 19.5 Å². The highest BCUT2D eigenvalue weighted by molar-refractivity contribution is 6.19. The molecule has 2 aliphatic rings. The summed E-state index contributed by atoms with van der Waals surface area (Å²) in [4.78, 5) is 15.3. The Morgan fingerprint density at radius 1 is 0.317 bits per heavy atom. The van der Waals surface area contributed by atoms with Gasteiger partial charge in [0.2, 0.25) is 0 Å². The third-order valence-corrected chi connectivity index (χ3v) is 12.9. The average Bonchev–Trinajstić information content (AvgIpc) is 3.93. The number of hydrogen-bond donors (Lipinski definition) is 0. The predicted molar refractivity (Wildman–Crippen MR) is 244 cm³/mol. The maximum absolute atomic E-state index is 5.14. The zero-order chi connectivity index (χ0) is 39.4. The molecular formula is C56H34N4. The maximum Gasteiger partial charge on any atom is 0.164 e. The lowest BCUT2D eigenvalue weighted by Crippen LogP contribution is -2.25. The van der Waals surface area contributed by atoms with Gasteiger partial charge < -0.3 is 4.57 Å². The topological polar surface area (TPSA) is 43.6 Å². The van der Waals surface area contributed by atoms with E-state index in [0.29, 0.717) is 17.5 Å². The molecule has 4 nitrogen and oxygen atoms in total. The van der Waals surface area contributed by atoms with Crippen LogP contribution in [0.3, 0.4) is 0 Å². The SMILES string of the molecule is c1ccc(-c2nc(-c3ccccc3)nc(-c3ccc(-n4c5ccccc5c5c6c(ccc54)C4(c5ccccc5-c5ccccc54)c4ccccc4-6)c4ccccc34)n2)cc1. The van der Waals surface area contributed by atoms with Gasteiger partial charge >= 0.3 is 0 Å². The van der Waals surface area contributed by atoms with Gasteiger partial charge in [-0.25, -0.2) is 15.0 Å². The summed E-state index contributed by atoms with van der Waals surface area (Å²) in [6.07, 6.45) is 0. The quantitative estimate of drug-likeness (QED) is 0.179. The molecular weight excluding hydrogens is 729 g/mol. The number of aromatic nitrogens is 4. The Morgan fingerprint density at radius 3 is 1.47 bits per heavy atom. The van der Waals surface area contributed by atoms with Crippen LogP contribution in [0.15, 0.2) is 206 Å². The first-order chi connectivity index (χ1) is 29.8. The van der Waals surface area contributed by atoms with Gasteiger partial charge in [-0.05, 0) is 74.2 Å². The van der Waals surface area contributed by atoms with E-state index < -0.39 is 5.41 Å². The van der Waals surface area contributed by atoms with Crippen molar-refractivity contribution in [2.24, 2.45) is 0 Å². The summed E-state index contributed by atoms with van der Waals surface area (Å²) in [6.45, 7) is 0. The fourth-order valence-corrected chi connectivity index (χ4v) is 10.5. The summed E-state index contributed by atoms with van der Waals surface area (Å²) in [5, 5.41) is 4.72. The van der Waals surface area contributed by atoms with E-state index in [0.717, 1.165) is 33.2 Å². The summed E-state index contributed by atoms with van der Waals surface area (Å²) in [6, 6.07) is 74.3. The fourth-order valence-electron chi connectivity index (χ4n) is 10.5. The molecule has 1 spiro atoms. The van der Waals surface area contributed by atoms with Crippen LogP contribution in [0.25, 0.3) is 94.7 Å². The van der Waals surface area contributed by atoms with E-state index in [1.165, 1.54) is 66.3 Å². The highest BCUT2D eigenvalue weighted by Crippen LogP contribution is 2.64. The van der Waals surface area contributed by atoms with Gasteiger partial charge in [-0.1, -0.05) is 182 Å². The fraction of sp³-hybridized carbons (Fsp3) is 0.0179. The van der Waals surface area contributed by atoms with Crippen molar-refractivity contribution in [2.45, 2.75) is 5.41 Å². The molecule has 2 heterocycles. The van der Waals surface area contributed by atoms with E-state index in [2.05, 4.69) is 174 Å². The molecule has 2 aliphatic carbocycles. The molecule has 0 saturated heterocycles. The molecule has 0 amide bonds. The summed E-state index contributed by atoms with van der Waals surface area (Å²) in [5.74, 6) is 1.94. The van der Waals surface area contributed by atoms with E-state index in [-0.39, 0.29) is 0 Å². The molecule has 2 aromatic heterocycles. The first-order valence-corrected chi connectivity index (χ1v) is 20.5. The number of rotatable bonds is 4. The average molecular weight is 763 g/mol.